The van der Waals surface area contributed by atoms with Crippen molar-refractivity contribution in [2.24, 2.45) is 0 Å². The van der Waals surface area contributed by atoms with E-state index in [9.17, 15) is 0 Å². The van der Waals surface area contributed by atoms with Crippen LogP contribution < -0.4 is 0 Å². The number of furan rings is 1. The molecule has 0 saturated heterocycles. The predicted molar refractivity (Wildman–Crippen MR) is 309 cm³/mol. The van der Waals surface area contributed by atoms with Crippen LogP contribution in [0, 0.1) is 0 Å². The number of hydrogen-bond acceptors (Lipinski definition) is 1. The van der Waals surface area contributed by atoms with Gasteiger partial charge in [-0.3, -0.25) is 0 Å². The third-order valence-corrected chi connectivity index (χ3v) is 18.3. The lowest BCUT2D eigenvalue weighted by molar-refractivity contribution is 0.600. The van der Waals surface area contributed by atoms with E-state index in [1.54, 1.807) is 11.1 Å². The number of fused-ring (bicyclic) bond motifs is 19. The first-order valence-corrected chi connectivity index (χ1v) is 26.9. The van der Waals surface area contributed by atoms with Crippen LogP contribution in [-0.4, -0.2) is 0 Å². The van der Waals surface area contributed by atoms with Crippen molar-refractivity contribution in [3.63, 3.8) is 0 Å². The van der Waals surface area contributed by atoms with E-state index in [1.807, 2.05) is 0 Å². The molecule has 0 saturated carbocycles. The minimum absolute atomic E-state index is 0.102. The zero-order valence-corrected chi connectivity index (χ0v) is 43.2. The zero-order valence-electron chi connectivity index (χ0n) is 43.2. The lowest BCUT2D eigenvalue weighted by Crippen LogP contribution is -2.25. The van der Waals surface area contributed by atoms with Gasteiger partial charge < -0.3 is 4.42 Å². The Kier molecular flexibility index (Phi) is 9.13. The van der Waals surface area contributed by atoms with Gasteiger partial charge >= 0.3 is 0 Å². The van der Waals surface area contributed by atoms with Crippen LogP contribution in [0.1, 0.15) is 109 Å². The van der Waals surface area contributed by atoms with E-state index in [1.165, 1.54) is 122 Å². The van der Waals surface area contributed by atoms with Crippen molar-refractivity contribution in [2.75, 3.05) is 0 Å². The maximum absolute atomic E-state index is 6.84. The van der Waals surface area contributed by atoms with Crippen LogP contribution in [0.15, 0.2) is 205 Å². The molecule has 1 atom stereocenters. The maximum Gasteiger partial charge on any atom is 0.143 e. The molecule has 0 spiro atoms. The van der Waals surface area contributed by atoms with Crippen molar-refractivity contribution in [3.8, 4) is 66.8 Å². The highest BCUT2D eigenvalue weighted by Crippen LogP contribution is 2.64. The Labute approximate surface area is 435 Å². The summed E-state index contributed by atoms with van der Waals surface area (Å²) in [6, 6.07) is 75.7. The minimum Gasteiger partial charge on any atom is -0.455 e. The highest BCUT2D eigenvalue weighted by atomic mass is 16.3. The molecule has 1 nitrogen and oxygen atoms in total. The predicted octanol–water partition coefficient (Wildman–Crippen LogP) is 19.0. The van der Waals surface area contributed by atoms with Gasteiger partial charge in [-0.2, -0.15) is 0 Å². The second kappa shape index (κ2) is 15.5. The lowest BCUT2D eigenvalue weighted by atomic mass is 9.69. The Morgan fingerprint density at radius 2 is 1.03 bits per heavy atom. The molecule has 4 aliphatic carbocycles. The molecule has 15 rings (SSSR count). The van der Waals surface area contributed by atoms with Crippen LogP contribution in [0.5, 0.6) is 0 Å². The zero-order chi connectivity index (χ0) is 49.8. The summed E-state index contributed by atoms with van der Waals surface area (Å²) >= 11 is 0. The number of hydrogen-bond donors (Lipinski definition) is 0. The van der Waals surface area contributed by atoms with E-state index in [0.717, 1.165) is 36.0 Å². The first-order valence-electron chi connectivity index (χ1n) is 26.9. The first kappa shape index (κ1) is 43.6. The fourth-order valence-corrected chi connectivity index (χ4v) is 14.8. The Balaban J connectivity index is 0.903. The van der Waals surface area contributed by atoms with Crippen molar-refractivity contribution >= 4 is 21.9 Å². The molecule has 0 radical (unpaired) electrons. The van der Waals surface area contributed by atoms with Gasteiger partial charge in [-0.15, -0.1) is 0 Å². The fourth-order valence-electron chi connectivity index (χ4n) is 14.8. The monoisotopic (exact) mass is 950 g/mol. The van der Waals surface area contributed by atoms with E-state index in [4.69, 9.17) is 4.42 Å². The SMILES string of the molecule is CC1(C)c2cc(C(Cc3ccc4c(c3)C(C)(C)c3c-4c4c(c5c3C(C)(C)c3ccccc3-5)-c3ccccc3CC4)c3cccc(-c4ccccc4)c3)ccc2-c2c1cc(-c1ccccc1)c1oc3ccccc3c21. The second-order valence-electron chi connectivity index (χ2n) is 23.4. The largest absolute Gasteiger partial charge is 0.455 e. The van der Waals surface area contributed by atoms with Crippen molar-refractivity contribution in [1.29, 1.82) is 0 Å². The fraction of sp³-hybridized carbons (Fsp3) is 0.178. The van der Waals surface area contributed by atoms with Crippen molar-refractivity contribution < 1.29 is 4.42 Å². The molecule has 0 fully saturated rings. The van der Waals surface area contributed by atoms with E-state index in [-0.39, 0.29) is 22.2 Å². The third kappa shape index (κ3) is 5.99. The molecule has 4 aliphatic rings. The second-order valence-corrected chi connectivity index (χ2v) is 23.4. The number of para-hydroxylation sites is 1. The molecule has 11 aromatic rings. The number of benzene rings is 10. The Bertz CT molecular complexity index is 4180. The van der Waals surface area contributed by atoms with Crippen molar-refractivity contribution in [3.05, 3.63) is 261 Å². The van der Waals surface area contributed by atoms with Gasteiger partial charge in [0.2, 0.25) is 0 Å². The van der Waals surface area contributed by atoms with Crippen molar-refractivity contribution in [1.82, 2.24) is 0 Å². The van der Waals surface area contributed by atoms with Crippen LogP contribution in [0.4, 0.5) is 0 Å². The molecule has 10 aromatic carbocycles. The summed E-state index contributed by atoms with van der Waals surface area (Å²) in [5.74, 6) is 0.102. The Morgan fingerprint density at radius 3 is 1.85 bits per heavy atom. The first-order chi connectivity index (χ1) is 36.0. The van der Waals surface area contributed by atoms with Gasteiger partial charge in [-0.05, 0) is 154 Å². The molecule has 74 heavy (non-hydrogen) atoms. The molecule has 0 aliphatic heterocycles. The van der Waals surface area contributed by atoms with Crippen LogP contribution in [-0.2, 0) is 35.5 Å². The molecule has 1 unspecified atom stereocenters. The highest BCUT2D eigenvalue weighted by Gasteiger charge is 2.49. The molecular weight excluding hydrogens is 893 g/mol. The smallest absolute Gasteiger partial charge is 0.143 e. The maximum atomic E-state index is 6.84. The van der Waals surface area contributed by atoms with E-state index < -0.39 is 0 Å². The summed E-state index contributed by atoms with van der Waals surface area (Å²) in [7, 11) is 0. The van der Waals surface area contributed by atoms with Crippen molar-refractivity contribution in [2.45, 2.75) is 83.0 Å². The van der Waals surface area contributed by atoms with Crippen LogP contribution >= 0.6 is 0 Å². The van der Waals surface area contributed by atoms with Gasteiger partial charge in [0.1, 0.15) is 11.2 Å². The van der Waals surface area contributed by atoms with Crippen LogP contribution in [0.3, 0.4) is 0 Å². The average Bonchev–Trinajstić information content (AvgIpc) is 4.11. The summed E-state index contributed by atoms with van der Waals surface area (Å²) in [4.78, 5) is 0. The summed E-state index contributed by atoms with van der Waals surface area (Å²) in [6.45, 7) is 14.9. The van der Waals surface area contributed by atoms with Crippen LogP contribution in [0.25, 0.3) is 88.7 Å². The topological polar surface area (TPSA) is 13.1 Å². The third-order valence-electron chi connectivity index (χ3n) is 18.3. The van der Waals surface area contributed by atoms with Gasteiger partial charge in [0.25, 0.3) is 0 Å². The van der Waals surface area contributed by atoms with Gasteiger partial charge in [-0.25, -0.2) is 0 Å². The molecule has 1 heteroatoms. The molecule has 356 valence electrons. The number of rotatable bonds is 6. The quantitative estimate of drug-likeness (QED) is 0.162. The summed E-state index contributed by atoms with van der Waals surface area (Å²) in [5.41, 5.74) is 33.2. The summed E-state index contributed by atoms with van der Waals surface area (Å²) in [6.07, 6.45) is 2.99. The van der Waals surface area contributed by atoms with E-state index in [2.05, 4.69) is 242 Å². The van der Waals surface area contributed by atoms with Gasteiger partial charge in [0.15, 0.2) is 0 Å². The summed E-state index contributed by atoms with van der Waals surface area (Å²) < 4.78 is 6.84. The molecule has 0 amide bonds. The molecule has 1 heterocycles. The Morgan fingerprint density at radius 1 is 0.405 bits per heavy atom. The summed E-state index contributed by atoms with van der Waals surface area (Å²) in [5, 5.41) is 2.39. The van der Waals surface area contributed by atoms with Gasteiger partial charge in [-0.1, -0.05) is 230 Å². The van der Waals surface area contributed by atoms with E-state index >= 15 is 0 Å². The van der Waals surface area contributed by atoms with Gasteiger partial charge in [0, 0.05) is 38.5 Å². The van der Waals surface area contributed by atoms with Gasteiger partial charge in [0.05, 0.1) is 0 Å². The standard InChI is InChI=1S/C73H58O/c1-71(2)60-41-49(34-36-53(60)65-61(71)42-57(45-22-11-8-12-23-45)70-67(65)54-29-16-18-31-62(54)74-70)56(48-26-19-25-47(40-48)44-20-9-7-10-21-44)38-43-32-35-52-59(39-43)73(5,6)68-64(52)55-37-33-46-24-13-14-27-50(46)63(55)66-51-28-15-17-30-58(51)72(3,4)69(66)68/h7-32,34-36,39-42,56H,33,37-38H2,1-6H3. The van der Waals surface area contributed by atoms with Crippen LogP contribution in [0.2, 0.25) is 0 Å². The average molecular weight is 951 g/mol. The highest BCUT2D eigenvalue weighted by molar-refractivity contribution is 6.18. The van der Waals surface area contributed by atoms with E-state index in [0.29, 0.717) is 0 Å². The molecule has 0 bridgehead atoms. The lowest BCUT2D eigenvalue weighted by Gasteiger charge is -2.34. The number of aryl methyl sites for hydroxylation is 1. The molecule has 0 N–H and O–H groups in total. The molecule has 1 aromatic heterocycles. The molecular formula is C73H58O. The minimum atomic E-state index is -0.260. The normalized spacial score (nSPS) is 15.9. The Hall–Kier alpha value is -8.00.